The molecule has 0 aliphatic carbocycles. The number of H-pyrrole nitrogens is 1. The summed E-state index contributed by atoms with van der Waals surface area (Å²) in [4.78, 5) is 6.93. The number of sulfone groups is 1. The number of hydrogen-bond acceptors (Lipinski definition) is 3. The summed E-state index contributed by atoms with van der Waals surface area (Å²) < 4.78 is 22.2. The summed E-state index contributed by atoms with van der Waals surface area (Å²) in [6, 6.07) is 4.50. The number of rotatable bonds is 1. The van der Waals surface area contributed by atoms with E-state index in [0.29, 0.717) is 11.0 Å². The molecule has 5 heteroatoms. The molecular weight excluding hydrogens is 188 g/mol. The first kappa shape index (κ1) is 8.25. The number of fused-ring (bicyclic) bond motifs is 1. The molecule has 0 atom stereocenters. The fourth-order valence-electron chi connectivity index (χ4n) is 1.04. The number of nitrogens with one attached hydrogen (secondary N) is 1. The van der Waals surface area contributed by atoms with Crippen molar-refractivity contribution in [2.24, 2.45) is 0 Å². The third kappa shape index (κ3) is 1.42. The summed E-state index contributed by atoms with van der Waals surface area (Å²) in [7, 11) is -3.20. The van der Waals surface area contributed by atoms with E-state index in [-0.39, 0.29) is 4.90 Å². The van der Waals surface area contributed by atoms with E-state index in [9.17, 15) is 8.42 Å². The number of aromatic nitrogens is 2. The van der Waals surface area contributed by atoms with Crippen LogP contribution in [0.2, 0.25) is 0 Å². The number of nitrogens with zero attached hydrogens (tertiary/aromatic N) is 1. The van der Waals surface area contributed by atoms with Gasteiger partial charge in [-0.2, -0.15) is 0 Å². The molecule has 0 bridgehead atoms. The molecule has 2 rings (SSSR count). The minimum atomic E-state index is -3.20. The molecule has 13 heavy (non-hydrogen) atoms. The van der Waals surface area contributed by atoms with Crippen LogP contribution in [0.5, 0.6) is 0 Å². The highest BCUT2D eigenvalue weighted by Crippen LogP contribution is 2.13. The molecule has 0 spiro atoms. The zero-order valence-corrected chi connectivity index (χ0v) is 7.72. The van der Waals surface area contributed by atoms with Crippen molar-refractivity contribution in [2.45, 2.75) is 4.90 Å². The maximum atomic E-state index is 11.1. The van der Waals surface area contributed by atoms with E-state index >= 15 is 0 Å². The van der Waals surface area contributed by atoms with Gasteiger partial charge in [-0.1, -0.05) is 0 Å². The first-order chi connectivity index (χ1) is 6.07. The number of hydrogen-bond donors (Lipinski definition) is 1. The quantitative estimate of drug-likeness (QED) is 0.730. The van der Waals surface area contributed by atoms with Crippen LogP contribution in [0.25, 0.3) is 11.0 Å². The number of pyridine rings is 1. The molecule has 0 aromatic carbocycles. The topological polar surface area (TPSA) is 62.8 Å². The first-order valence-electron chi connectivity index (χ1n) is 3.63. The van der Waals surface area contributed by atoms with E-state index in [1.54, 1.807) is 12.3 Å². The highest BCUT2D eigenvalue weighted by Gasteiger charge is 2.08. The Morgan fingerprint density at radius 1 is 1.54 bits per heavy atom. The van der Waals surface area contributed by atoms with E-state index in [1.807, 2.05) is 0 Å². The molecule has 0 saturated heterocycles. The van der Waals surface area contributed by atoms with Crippen molar-refractivity contribution >= 4 is 20.9 Å². The smallest absolute Gasteiger partial charge is 0.177 e. The zero-order valence-electron chi connectivity index (χ0n) is 6.90. The van der Waals surface area contributed by atoms with Gasteiger partial charge in [0.15, 0.2) is 9.84 Å². The van der Waals surface area contributed by atoms with Gasteiger partial charge in [-0.3, -0.25) is 0 Å². The molecule has 2 aromatic heterocycles. The fraction of sp³-hybridized carbons (Fsp3) is 0.125. The van der Waals surface area contributed by atoms with Crippen LogP contribution in [0.1, 0.15) is 0 Å². The summed E-state index contributed by atoms with van der Waals surface area (Å²) >= 11 is 0. The van der Waals surface area contributed by atoms with Gasteiger partial charge in [0.05, 0.1) is 4.90 Å². The maximum absolute atomic E-state index is 11.1. The molecular formula is C8H7N2O2S. The lowest BCUT2D eigenvalue weighted by atomic mass is 10.3. The fourth-order valence-corrected chi connectivity index (χ4v) is 1.58. The Balaban J connectivity index is 2.75. The van der Waals surface area contributed by atoms with Gasteiger partial charge in [-0.15, -0.1) is 0 Å². The standard InChI is InChI=1S/C8H7N2O2S/c1-13(11,12)7-4-6-2-3-9-8(6)10-5-7/h2-3,5H,1H3,(H,9,10). The van der Waals surface area contributed by atoms with Crippen LogP contribution >= 0.6 is 0 Å². The molecule has 0 amide bonds. The van der Waals surface area contributed by atoms with Crippen molar-refractivity contribution in [2.75, 3.05) is 6.26 Å². The van der Waals surface area contributed by atoms with Crippen LogP contribution in [0.3, 0.4) is 0 Å². The second-order valence-electron chi connectivity index (χ2n) is 2.76. The van der Waals surface area contributed by atoms with Crippen molar-refractivity contribution in [3.05, 3.63) is 24.5 Å². The molecule has 0 aliphatic heterocycles. The van der Waals surface area contributed by atoms with Crippen molar-refractivity contribution in [1.29, 1.82) is 0 Å². The Bertz CT molecular complexity index is 542. The van der Waals surface area contributed by atoms with Crippen molar-refractivity contribution in [3.63, 3.8) is 0 Å². The maximum Gasteiger partial charge on any atom is 0.177 e. The van der Waals surface area contributed by atoms with Crippen molar-refractivity contribution < 1.29 is 8.42 Å². The van der Waals surface area contributed by atoms with Gasteiger partial charge in [-0.05, 0) is 6.07 Å². The van der Waals surface area contributed by atoms with Gasteiger partial charge in [0, 0.05) is 30.1 Å². The molecule has 1 N–H and O–H groups in total. The van der Waals surface area contributed by atoms with Gasteiger partial charge in [-0.25, -0.2) is 13.4 Å². The Morgan fingerprint density at radius 3 is 3.00 bits per heavy atom. The van der Waals surface area contributed by atoms with Crippen molar-refractivity contribution in [1.82, 2.24) is 9.97 Å². The molecule has 1 radical (unpaired) electrons. The Hall–Kier alpha value is -1.36. The third-order valence-corrected chi connectivity index (χ3v) is 2.70. The Kier molecular flexibility index (Phi) is 1.63. The lowest BCUT2D eigenvalue weighted by Gasteiger charge is -1.95. The SMILES string of the molecule is CS(=O)(=O)c1[c]c2cc[nH]c2nc1. The summed E-state index contributed by atoms with van der Waals surface area (Å²) in [5.74, 6) is 0. The van der Waals surface area contributed by atoms with Crippen LogP contribution in [0.15, 0.2) is 23.4 Å². The molecule has 0 saturated carbocycles. The van der Waals surface area contributed by atoms with Crippen LogP contribution in [0, 0.1) is 6.07 Å². The molecule has 0 unspecified atom stereocenters. The molecule has 0 fully saturated rings. The molecule has 2 aromatic rings. The highest BCUT2D eigenvalue weighted by atomic mass is 32.2. The van der Waals surface area contributed by atoms with E-state index in [4.69, 9.17) is 0 Å². The van der Waals surface area contributed by atoms with Crippen LogP contribution in [-0.2, 0) is 9.84 Å². The zero-order chi connectivity index (χ0) is 9.47. The minimum absolute atomic E-state index is 0.125. The predicted octanol–water partition coefficient (Wildman–Crippen LogP) is 0.767. The Morgan fingerprint density at radius 2 is 2.31 bits per heavy atom. The molecule has 67 valence electrons. The number of aromatic amines is 1. The highest BCUT2D eigenvalue weighted by molar-refractivity contribution is 7.90. The Labute approximate surface area is 75.5 Å². The summed E-state index contributed by atoms with van der Waals surface area (Å²) in [5, 5.41) is 0.683. The largest absolute Gasteiger partial charge is 0.346 e. The third-order valence-electron chi connectivity index (χ3n) is 1.69. The van der Waals surface area contributed by atoms with Crippen LogP contribution < -0.4 is 0 Å². The summed E-state index contributed by atoms with van der Waals surface area (Å²) in [6.07, 6.45) is 4.13. The van der Waals surface area contributed by atoms with E-state index in [2.05, 4.69) is 16.0 Å². The molecule has 2 heterocycles. The lowest BCUT2D eigenvalue weighted by molar-refractivity contribution is 0.601. The van der Waals surface area contributed by atoms with E-state index in [0.717, 1.165) is 6.26 Å². The van der Waals surface area contributed by atoms with Crippen LogP contribution in [-0.4, -0.2) is 24.6 Å². The minimum Gasteiger partial charge on any atom is -0.346 e. The molecule has 4 nitrogen and oxygen atoms in total. The van der Waals surface area contributed by atoms with Crippen molar-refractivity contribution in [3.8, 4) is 0 Å². The van der Waals surface area contributed by atoms with Crippen LogP contribution in [0.4, 0.5) is 0 Å². The van der Waals surface area contributed by atoms with E-state index < -0.39 is 9.84 Å². The van der Waals surface area contributed by atoms with Gasteiger partial charge in [0.2, 0.25) is 0 Å². The van der Waals surface area contributed by atoms with Gasteiger partial charge >= 0.3 is 0 Å². The average Bonchev–Trinajstić information content (AvgIpc) is 2.47. The summed E-state index contributed by atoms with van der Waals surface area (Å²) in [5.41, 5.74) is 0.646. The second-order valence-corrected chi connectivity index (χ2v) is 4.74. The average molecular weight is 195 g/mol. The monoisotopic (exact) mass is 195 g/mol. The second kappa shape index (κ2) is 2.56. The van der Waals surface area contributed by atoms with Gasteiger partial charge < -0.3 is 4.98 Å². The first-order valence-corrected chi connectivity index (χ1v) is 5.52. The molecule has 0 aliphatic rings. The van der Waals surface area contributed by atoms with Gasteiger partial charge in [0.1, 0.15) is 5.65 Å². The lowest BCUT2D eigenvalue weighted by Crippen LogP contribution is -1.97. The predicted molar refractivity (Wildman–Crippen MR) is 48.0 cm³/mol. The van der Waals surface area contributed by atoms with Gasteiger partial charge in [0.25, 0.3) is 0 Å². The normalized spacial score (nSPS) is 12.1. The van der Waals surface area contributed by atoms with E-state index in [1.165, 1.54) is 6.20 Å². The summed E-state index contributed by atoms with van der Waals surface area (Å²) in [6.45, 7) is 0.